The molecule has 0 aliphatic rings. The monoisotopic (exact) mass is 189 g/mol. The number of rotatable bonds is 0. The summed E-state index contributed by atoms with van der Waals surface area (Å²) in [4.78, 5) is 0. The first-order chi connectivity index (χ1) is 4.24. The Kier molecular flexibility index (Phi) is 138. The first kappa shape index (κ1) is 22.5. The molecular formula is C8H17SiTi. The van der Waals surface area contributed by atoms with Crippen molar-refractivity contribution in [2.75, 3.05) is 0 Å². The van der Waals surface area contributed by atoms with Gasteiger partial charge in [-0.3, -0.25) is 0 Å². The molecule has 0 atom stereocenters. The van der Waals surface area contributed by atoms with Gasteiger partial charge in [-0.25, -0.2) is 39.2 Å². The van der Waals surface area contributed by atoms with Gasteiger partial charge in [0, 0.05) is 9.52 Å². The van der Waals surface area contributed by atoms with E-state index in [1.807, 2.05) is 0 Å². The zero-order valence-corrected chi connectivity index (χ0v) is 9.78. The Morgan fingerprint density at radius 1 is 1.10 bits per heavy atom. The molecule has 0 saturated heterocycles. The second-order valence-corrected chi connectivity index (χ2v) is 2.31. The molecule has 0 fully saturated rings. The molecule has 0 aliphatic heterocycles. The van der Waals surface area contributed by atoms with Crippen LogP contribution < -0.4 is 0 Å². The Bertz CT molecular complexity index is 38.5. The molecule has 0 amide bonds. The second-order valence-electron chi connectivity index (χ2n) is 1.15. The molecule has 10 heavy (non-hydrogen) atoms. The van der Waals surface area contributed by atoms with Crippen molar-refractivity contribution in [2.45, 2.75) is 13.1 Å². The van der Waals surface area contributed by atoms with Crippen LogP contribution in [0.1, 0.15) is 0 Å². The van der Waals surface area contributed by atoms with Crippen LogP contribution in [0.25, 0.3) is 0 Å². The quantitative estimate of drug-likeness (QED) is 0.405. The molecule has 57 valence electrons. The fourth-order valence-corrected chi connectivity index (χ4v) is 0. The third kappa shape index (κ3) is 18200. The number of allylic oxidation sites excluding steroid dienone is 2. The normalized spacial score (nSPS) is 4.20. The van der Waals surface area contributed by atoms with E-state index in [1.54, 1.807) is 0 Å². The largest absolute Gasteiger partial charge is 2.00 e. The molecule has 0 saturated carbocycles. The molecule has 0 N–H and O–H groups in total. The molecule has 2 heteroatoms. The minimum absolute atomic E-state index is 0. The number of hydrogen-bond donors (Lipinski definition) is 0. The topological polar surface area (TPSA) is 0 Å². The maximum atomic E-state index is 3.25. The Balaban J connectivity index is -0.0000000257. The van der Waals surface area contributed by atoms with Crippen LogP contribution in [0.15, 0.2) is 25.3 Å². The van der Waals surface area contributed by atoms with Gasteiger partial charge in [-0.2, -0.15) is 0 Å². The van der Waals surface area contributed by atoms with Crippen molar-refractivity contribution < 1.29 is 21.7 Å². The van der Waals surface area contributed by atoms with E-state index in [0.717, 1.165) is 9.52 Å². The molecule has 0 aromatic rings. The van der Waals surface area contributed by atoms with Gasteiger partial charge in [-0.15, -0.1) is 0 Å². The third-order valence-electron chi connectivity index (χ3n) is 0. The maximum Gasteiger partial charge on any atom is 2.00 e. The van der Waals surface area contributed by atoms with Crippen molar-refractivity contribution in [3.8, 4) is 0 Å². The molecule has 0 nitrogen and oxygen atoms in total. The van der Waals surface area contributed by atoms with Gasteiger partial charge in [0.05, 0.1) is 0 Å². The molecule has 0 aromatic carbocycles. The van der Waals surface area contributed by atoms with E-state index in [2.05, 4.69) is 40.1 Å². The van der Waals surface area contributed by atoms with Crippen LogP contribution in [0.3, 0.4) is 0 Å². The Hall–Kier alpha value is 0.151. The molecule has 0 bridgehead atoms. The summed E-state index contributed by atoms with van der Waals surface area (Å²) in [5.74, 6) is 0. The van der Waals surface area contributed by atoms with E-state index in [-0.39, 0.29) is 21.7 Å². The molecule has 0 aliphatic carbocycles. The average molecular weight is 189 g/mol. The van der Waals surface area contributed by atoms with Crippen LogP contribution in [0.5, 0.6) is 0 Å². The van der Waals surface area contributed by atoms with Crippen molar-refractivity contribution in [1.29, 1.82) is 0 Å². The first-order valence-electron chi connectivity index (χ1n) is 2.79. The van der Waals surface area contributed by atoms with Gasteiger partial charge < -0.3 is 0 Å². The van der Waals surface area contributed by atoms with Crippen LogP contribution in [-0.4, -0.2) is 9.52 Å². The van der Waals surface area contributed by atoms with Gasteiger partial charge in [0.1, 0.15) is 0 Å². The van der Waals surface area contributed by atoms with Crippen LogP contribution in [0.4, 0.5) is 0 Å². The molecule has 0 unspecified atom stereocenters. The molecule has 0 rings (SSSR count). The fourth-order valence-electron chi connectivity index (χ4n) is 0. The average Bonchev–Trinajstić information content (AvgIpc) is 1.70. The van der Waals surface area contributed by atoms with Crippen molar-refractivity contribution in [3.05, 3.63) is 39.2 Å². The molecule has 0 spiro atoms. The minimum atomic E-state index is 0. The van der Waals surface area contributed by atoms with Crippen LogP contribution in [-0.2, 0) is 21.7 Å². The third-order valence-corrected chi connectivity index (χ3v) is 0. The SMILES string of the molecule is C=C[CH2-].C=C[CH2-].C[SiH]C.[Ti+2]. The van der Waals surface area contributed by atoms with Gasteiger partial charge in [-0.05, 0) is 0 Å². The van der Waals surface area contributed by atoms with Crippen LogP contribution in [0.2, 0.25) is 13.1 Å². The Morgan fingerprint density at radius 3 is 1.10 bits per heavy atom. The van der Waals surface area contributed by atoms with Crippen molar-refractivity contribution >= 4 is 9.52 Å². The van der Waals surface area contributed by atoms with E-state index in [0.29, 0.717) is 0 Å². The molecular weight excluding hydrogens is 172 g/mol. The Labute approximate surface area is 83.5 Å². The van der Waals surface area contributed by atoms with Gasteiger partial charge in [-0.1, -0.05) is 13.1 Å². The summed E-state index contributed by atoms with van der Waals surface area (Å²) in [5, 5.41) is 0. The molecule has 1 radical (unpaired) electrons. The van der Waals surface area contributed by atoms with E-state index in [1.165, 1.54) is 12.2 Å². The van der Waals surface area contributed by atoms with E-state index in [9.17, 15) is 0 Å². The predicted octanol–water partition coefficient (Wildman–Crippen LogP) is 2.53. The summed E-state index contributed by atoms with van der Waals surface area (Å²) in [6.45, 7) is 17.4. The fraction of sp³-hybridized carbons (Fsp3) is 0.250. The standard InChI is InChI=1S/2C3H5.C2H7Si.Ti/c3*1-3-2;/h2*3H,1-2H2;3H,1-2H3;/q2*-1;;+2. The van der Waals surface area contributed by atoms with Crippen LogP contribution in [0, 0.1) is 13.8 Å². The van der Waals surface area contributed by atoms with Gasteiger partial charge in [0.15, 0.2) is 0 Å². The Morgan fingerprint density at radius 2 is 1.10 bits per heavy atom. The van der Waals surface area contributed by atoms with Crippen LogP contribution >= 0.6 is 0 Å². The van der Waals surface area contributed by atoms with E-state index < -0.39 is 0 Å². The minimum Gasteiger partial charge on any atom is -0.245 e. The summed E-state index contributed by atoms with van der Waals surface area (Å²) in [7, 11) is 0.750. The smallest absolute Gasteiger partial charge is 0.245 e. The van der Waals surface area contributed by atoms with Gasteiger partial charge in [0.2, 0.25) is 0 Å². The summed E-state index contributed by atoms with van der Waals surface area (Å²) in [5.41, 5.74) is 0. The summed E-state index contributed by atoms with van der Waals surface area (Å²) >= 11 is 0. The predicted molar refractivity (Wildman–Crippen MR) is 50.0 cm³/mol. The summed E-state index contributed by atoms with van der Waals surface area (Å²) in [6.07, 6.45) is 3.00. The number of hydrogen-bond acceptors (Lipinski definition) is 0. The van der Waals surface area contributed by atoms with Crippen molar-refractivity contribution in [2.24, 2.45) is 0 Å². The van der Waals surface area contributed by atoms with Crippen molar-refractivity contribution in [1.82, 2.24) is 0 Å². The second kappa shape index (κ2) is 61.2. The van der Waals surface area contributed by atoms with Gasteiger partial charge >= 0.3 is 21.7 Å². The van der Waals surface area contributed by atoms with E-state index in [4.69, 9.17) is 0 Å². The maximum absolute atomic E-state index is 3.25. The summed E-state index contributed by atoms with van der Waals surface area (Å²) in [6, 6.07) is 0. The molecule has 0 aromatic heterocycles. The van der Waals surface area contributed by atoms with E-state index >= 15 is 0 Å². The van der Waals surface area contributed by atoms with Gasteiger partial charge in [0.25, 0.3) is 0 Å². The first-order valence-corrected chi connectivity index (χ1v) is 5.10. The zero-order chi connectivity index (χ0) is 8.12. The van der Waals surface area contributed by atoms with Crippen molar-refractivity contribution in [3.63, 3.8) is 0 Å². The zero-order valence-electron chi connectivity index (χ0n) is 7.06. The molecule has 0 heterocycles. The summed E-state index contributed by atoms with van der Waals surface area (Å²) < 4.78 is 0.